The Morgan fingerprint density at radius 3 is 2.41 bits per heavy atom. The van der Waals surface area contributed by atoms with Gasteiger partial charge in [0.25, 0.3) is 5.91 Å². The number of hydrogen-bond donors (Lipinski definition) is 2. The number of nitrogens with zero attached hydrogens (tertiary/aromatic N) is 1. The zero-order chi connectivity index (χ0) is 19.6. The first-order valence-corrected chi connectivity index (χ1v) is 10.5. The van der Waals surface area contributed by atoms with E-state index in [2.05, 4.69) is 24.5 Å². The lowest BCUT2D eigenvalue weighted by Gasteiger charge is -2.22. The van der Waals surface area contributed by atoms with Crippen LogP contribution in [0, 0.1) is 5.92 Å². The van der Waals surface area contributed by atoms with Gasteiger partial charge < -0.3 is 15.5 Å². The molecule has 0 saturated heterocycles. The molecule has 0 unspecified atom stereocenters. The van der Waals surface area contributed by atoms with Crippen molar-refractivity contribution in [2.75, 3.05) is 18.4 Å². The first-order valence-electron chi connectivity index (χ1n) is 10.1. The molecule has 27 heavy (non-hydrogen) atoms. The van der Waals surface area contributed by atoms with Gasteiger partial charge in [-0.3, -0.25) is 9.59 Å². The molecule has 0 bridgehead atoms. The zero-order valence-electron chi connectivity index (χ0n) is 16.4. The molecule has 2 N–H and O–H groups in total. The van der Waals surface area contributed by atoms with E-state index in [0.29, 0.717) is 11.3 Å². The first kappa shape index (κ1) is 21.4. The van der Waals surface area contributed by atoms with Gasteiger partial charge in [0.1, 0.15) is 0 Å². The quantitative estimate of drug-likeness (QED) is 0.681. The van der Waals surface area contributed by atoms with Crippen molar-refractivity contribution in [2.45, 2.75) is 58.8 Å². The van der Waals surface area contributed by atoms with Crippen molar-refractivity contribution in [1.82, 2.24) is 10.2 Å². The van der Waals surface area contributed by atoms with Crippen LogP contribution in [0.25, 0.3) is 0 Å². The van der Waals surface area contributed by atoms with Crippen LogP contribution in [0.2, 0.25) is 0 Å². The topological polar surface area (TPSA) is 61.4 Å². The maximum Gasteiger partial charge on any atom is 0.253 e. The second-order valence-corrected chi connectivity index (χ2v) is 7.56. The number of hydrogen-bond acceptors (Lipinski definition) is 3. The molecule has 2 amide bonds. The Balaban J connectivity index is 1.96. The SMILES string of the molecule is CCCN(CCC)C(=O)c1cccc(NC(=S)NC(=O)C2CCCCC2)c1. The first-order chi connectivity index (χ1) is 13.0. The van der Waals surface area contributed by atoms with Gasteiger partial charge in [0.05, 0.1) is 0 Å². The molecule has 1 aromatic carbocycles. The molecular formula is C21H31N3O2S. The molecule has 0 aliphatic heterocycles. The standard InChI is InChI=1S/C21H31N3O2S/c1-3-13-24(14-4-2)20(26)17-11-8-12-18(15-17)22-21(27)23-19(25)16-9-6-5-7-10-16/h8,11-12,15-16H,3-7,9-10,13-14H2,1-2H3,(H2,22,23,25,27). The molecule has 0 aromatic heterocycles. The van der Waals surface area contributed by atoms with Gasteiger partial charge in [0.15, 0.2) is 5.11 Å². The summed E-state index contributed by atoms with van der Waals surface area (Å²) in [6.07, 6.45) is 7.15. The van der Waals surface area contributed by atoms with E-state index < -0.39 is 0 Å². The number of rotatable bonds is 7. The van der Waals surface area contributed by atoms with Crippen LogP contribution in [0.4, 0.5) is 5.69 Å². The molecular weight excluding hydrogens is 358 g/mol. The predicted octanol–water partition coefficient (Wildman–Crippen LogP) is 4.34. The molecule has 1 saturated carbocycles. The van der Waals surface area contributed by atoms with Crippen LogP contribution in [0.1, 0.15) is 69.2 Å². The highest BCUT2D eigenvalue weighted by Crippen LogP contribution is 2.23. The highest BCUT2D eigenvalue weighted by Gasteiger charge is 2.22. The molecule has 0 atom stereocenters. The molecule has 1 aliphatic carbocycles. The van der Waals surface area contributed by atoms with Crippen LogP contribution in [0.15, 0.2) is 24.3 Å². The summed E-state index contributed by atoms with van der Waals surface area (Å²) in [7, 11) is 0. The second kappa shape index (κ2) is 11.0. The molecule has 1 aromatic rings. The number of benzene rings is 1. The minimum atomic E-state index is -0.00324. The molecule has 0 heterocycles. The van der Waals surface area contributed by atoms with Gasteiger partial charge in [0.2, 0.25) is 5.91 Å². The highest BCUT2D eigenvalue weighted by atomic mass is 32.1. The van der Waals surface area contributed by atoms with Crippen molar-refractivity contribution < 1.29 is 9.59 Å². The van der Waals surface area contributed by atoms with E-state index in [4.69, 9.17) is 12.2 Å². The minimum Gasteiger partial charge on any atom is -0.339 e. The lowest BCUT2D eigenvalue weighted by atomic mass is 9.89. The van der Waals surface area contributed by atoms with Crippen molar-refractivity contribution in [2.24, 2.45) is 5.92 Å². The summed E-state index contributed by atoms with van der Waals surface area (Å²) >= 11 is 5.29. The summed E-state index contributed by atoms with van der Waals surface area (Å²) in [6, 6.07) is 7.28. The second-order valence-electron chi connectivity index (χ2n) is 7.15. The van der Waals surface area contributed by atoms with E-state index in [9.17, 15) is 9.59 Å². The van der Waals surface area contributed by atoms with Crippen LogP contribution in [-0.4, -0.2) is 34.9 Å². The largest absolute Gasteiger partial charge is 0.339 e. The Bertz CT molecular complexity index is 651. The van der Waals surface area contributed by atoms with Gasteiger partial charge in [-0.05, 0) is 56.1 Å². The average molecular weight is 390 g/mol. The van der Waals surface area contributed by atoms with Crippen molar-refractivity contribution >= 4 is 34.8 Å². The summed E-state index contributed by atoms with van der Waals surface area (Å²) in [5, 5.41) is 6.12. The fraction of sp³-hybridized carbons (Fsp3) is 0.571. The van der Waals surface area contributed by atoms with Gasteiger partial charge in [-0.15, -0.1) is 0 Å². The fourth-order valence-electron chi connectivity index (χ4n) is 3.51. The number of thiocarbonyl (C=S) groups is 1. The summed E-state index contributed by atoms with van der Waals surface area (Å²) in [5.74, 6) is 0.0825. The lowest BCUT2D eigenvalue weighted by Crippen LogP contribution is -2.39. The van der Waals surface area contributed by atoms with Gasteiger partial charge in [-0.1, -0.05) is 39.2 Å². The van der Waals surface area contributed by atoms with E-state index in [1.807, 2.05) is 23.1 Å². The number of anilines is 1. The number of amides is 2. The van der Waals surface area contributed by atoms with Gasteiger partial charge in [-0.2, -0.15) is 0 Å². The van der Waals surface area contributed by atoms with E-state index in [1.165, 1.54) is 6.42 Å². The number of nitrogens with one attached hydrogen (secondary N) is 2. The molecule has 0 radical (unpaired) electrons. The Kier molecular flexibility index (Phi) is 8.72. The predicted molar refractivity (Wildman–Crippen MR) is 114 cm³/mol. The zero-order valence-corrected chi connectivity index (χ0v) is 17.2. The van der Waals surface area contributed by atoms with Gasteiger partial charge >= 0.3 is 0 Å². The molecule has 5 nitrogen and oxygen atoms in total. The Morgan fingerprint density at radius 2 is 1.78 bits per heavy atom. The van der Waals surface area contributed by atoms with Crippen molar-refractivity contribution in [3.63, 3.8) is 0 Å². The van der Waals surface area contributed by atoms with E-state index in [1.54, 1.807) is 6.07 Å². The van der Waals surface area contributed by atoms with Crippen LogP contribution in [0.3, 0.4) is 0 Å². The molecule has 0 spiro atoms. The minimum absolute atomic E-state index is 0.00324. The van der Waals surface area contributed by atoms with Crippen LogP contribution >= 0.6 is 12.2 Å². The average Bonchev–Trinajstić information content (AvgIpc) is 2.68. The lowest BCUT2D eigenvalue weighted by molar-refractivity contribution is -0.124. The number of carbonyl (C=O) groups is 2. The maximum absolute atomic E-state index is 12.7. The maximum atomic E-state index is 12.7. The summed E-state index contributed by atoms with van der Waals surface area (Å²) in [4.78, 5) is 26.9. The summed E-state index contributed by atoms with van der Waals surface area (Å²) in [6.45, 7) is 5.64. The van der Waals surface area contributed by atoms with Gasteiger partial charge in [-0.25, -0.2) is 0 Å². The third-order valence-electron chi connectivity index (χ3n) is 4.85. The third kappa shape index (κ3) is 6.61. The van der Waals surface area contributed by atoms with Crippen molar-refractivity contribution in [3.05, 3.63) is 29.8 Å². The smallest absolute Gasteiger partial charge is 0.253 e. The molecule has 1 fully saturated rings. The Morgan fingerprint density at radius 1 is 1.11 bits per heavy atom. The molecule has 6 heteroatoms. The monoisotopic (exact) mass is 389 g/mol. The summed E-state index contributed by atoms with van der Waals surface area (Å²) < 4.78 is 0. The third-order valence-corrected chi connectivity index (χ3v) is 5.06. The van der Waals surface area contributed by atoms with Gasteiger partial charge in [0, 0.05) is 30.3 Å². The van der Waals surface area contributed by atoms with Crippen LogP contribution in [-0.2, 0) is 4.79 Å². The van der Waals surface area contributed by atoms with Crippen molar-refractivity contribution in [1.29, 1.82) is 0 Å². The van der Waals surface area contributed by atoms with Crippen molar-refractivity contribution in [3.8, 4) is 0 Å². The summed E-state index contributed by atoms with van der Waals surface area (Å²) in [5.41, 5.74) is 1.34. The van der Waals surface area contributed by atoms with Crippen LogP contribution in [0.5, 0.6) is 0 Å². The Labute approximate surface area is 167 Å². The van der Waals surface area contributed by atoms with E-state index >= 15 is 0 Å². The van der Waals surface area contributed by atoms with E-state index in [-0.39, 0.29) is 22.8 Å². The molecule has 1 aliphatic rings. The normalized spacial score (nSPS) is 14.4. The molecule has 148 valence electrons. The number of carbonyl (C=O) groups excluding carboxylic acids is 2. The Hall–Kier alpha value is -1.95. The fourth-order valence-corrected chi connectivity index (χ4v) is 3.73. The van der Waals surface area contributed by atoms with E-state index in [0.717, 1.165) is 51.6 Å². The highest BCUT2D eigenvalue weighted by molar-refractivity contribution is 7.80. The van der Waals surface area contributed by atoms with Crippen LogP contribution < -0.4 is 10.6 Å². The molecule has 2 rings (SSSR count).